The largest absolute Gasteiger partial charge is 0.494 e. The summed E-state index contributed by atoms with van der Waals surface area (Å²) in [4.78, 5) is 21.8. The lowest BCUT2D eigenvalue weighted by Gasteiger charge is -2.08. The highest BCUT2D eigenvalue weighted by atomic mass is 35.5. The standard InChI is InChI=1S/C25H18Cl2N4O3/c1-2-33-18-7-8-20-19(13-18)21(23(27)31(20)14-15-3-5-17(26)6-4-15)22(32)25-29-24(30-34-25)16-9-11-28-12-10-16/h3-13H,2,14H2,1H3. The van der Waals surface area contributed by atoms with Crippen molar-refractivity contribution in [2.45, 2.75) is 13.5 Å². The van der Waals surface area contributed by atoms with Crippen molar-refractivity contribution in [3.8, 4) is 17.1 Å². The van der Waals surface area contributed by atoms with E-state index in [9.17, 15) is 4.79 Å². The van der Waals surface area contributed by atoms with Crippen LogP contribution in [-0.2, 0) is 6.54 Å². The number of rotatable bonds is 7. The molecule has 0 fully saturated rings. The highest BCUT2D eigenvalue weighted by molar-refractivity contribution is 6.36. The van der Waals surface area contributed by atoms with E-state index in [1.807, 2.05) is 47.9 Å². The maximum atomic E-state index is 13.5. The highest BCUT2D eigenvalue weighted by Gasteiger charge is 2.27. The smallest absolute Gasteiger partial charge is 0.299 e. The topological polar surface area (TPSA) is 83.0 Å². The Morgan fingerprint density at radius 3 is 2.56 bits per heavy atom. The highest BCUT2D eigenvalue weighted by Crippen LogP contribution is 2.35. The summed E-state index contributed by atoms with van der Waals surface area (Å²) in [5.74, 6) is 0.307. The van der Waals surface area contributed by atoms with Crippen molar-refractivity contribution in [2.75, 3.05) is 6.61 Å². The molecule has 0 N–H and O–H groups in total. The van der Waals surface area contributed by atoms with Gasteiger partial charge in [-0.15, -0.1) is 0 Å². The van der Waals surface area contributed by atoms with E-state index in [0.29, 0.717) is 40.7 Å². The third-order valence-corrected chi connectivity index (χ3v) is 5.97. The number of hydrogen-bond acceptors (Lipinski definition) is 6. The van der Waals surface area contributed by atoms with Gasteiger partial charge >= 0.3 is 0 Å². The number of ketones is 1. The number of ether oxygens (including phenoxy) is 1. The predicted octanol–water partition coefficient (Wildman–Crippen LogP) is 6.07. The minimum Gasteiger partial charge on any atom is -0.494 e. The molecule has 0 saturated carbocycles. The molecule has 5 rings (SSSR count). The quantitative estimate of drug-likeness (QED) is 0.256. The molecule has 3 aromatic heterocycles. The Balaban J connectivity index is 1.61. The summed E-state index contributed by atoms with van der Waals surface area (Å²) >= 11 is 12.8. The zero-order valence-electron chi connectivity index (χ0n) is 18.0. The number of nitrogens with zero attached hydrogens (tertiary/aromatic N) is 4. The number of carbonyl (C=O) groups is 1. The van der Waals surface area contributed by atoms with Gasteiger partial charge in [-0.25, -0.2) is 0 Å². The number of hydrogen-bond donors (Lipinski definition) is 0. The number of benzene rings is 2. The molecule has 0 amide bonds. The van der Waals surface area contributed by atoms with Gasteiger partial charge in [-0.2, -0.15) is 4.98 Å². The number of carbonyl (C=O) groups excluding carboxylic acids is 1. The van der Waals surface area contributed by atoms with Gasteiger partial charge in [0.15, 0.2) is 0 Å². The van der Waals surface area contributed by atoms with Crippen molar-refractivity contribution in [1.29, 1.82) is 0 Å². The van der Waals surface area contributed by atoms with E-state index in [2.05, 4.69) is 15.1 Å². The Kier molecular flexibility index (Phi) is 6.04. The van der Waals surface area contributed by atoms with Gasteiger partial charge in [0.2, 0.25) is 5.82 Å². The molecule has 5 aromatic rings. The van der Waals surface area contributed by atoms with Crippen molar-refractivity contribution in [3.63, 3.8) is 0 Å². The Labute approximate surface area is 204 Å². The first-order valence-corrected chi connectivity index (χ1v) is 11.3. The van der Waals surface area contributed by atoms with Gasteiger partial charge in [0.05, 0.1) is 17.7 Å². The van der Waals surface area contributed by atoms with Gasteiger partial charge in [-0.3, -0.25) is 9.78 Å². The summed E-state index contributed by atoms with van der Waals surface area (Å²) in [5, 5.41) is 5.50. The number of aromatic nitrogens is 4. The number of fused-ring (bicyclic) bond motifs is 1. The SMILES string of the molecule is CCOc1ccc2c(c1)c(C(=O)c1nc(-c3ccncc3)no1)c(Cl)n2Cc1ccc(Cl)cc1. The Bertz CT molecular complexity index is 1480. The molecule has 0 unspecified atom stereocenters. The van der Waals surface area contributed by atoms with E-state index >= 15 is 0 Å². The van der Waals surface area contributed by atoms with Gasteiger partial charge in [-0.1, -0.05) is 40.5 Å². The van der Waals surface area contributed by atoms with Crippen LogP contribution in [0.4, 0.5) is 0 Å². The molecule has 7 nitrogen and oxygen atoms in total. The van der Waals surface area contributed by atoms with Crippen LogP contribution in [0.5, 0.6) is 5.75 Å². The summed E-state index contributed by atoms with van der Waals surface area (Å²) in [6, 6.07) is 16.5. The van der Waals surface area contributed by atoms with Crippen molar-refractivity contribution >= 4 is 39.9 Å². The summed E-state index contributed by atoms with van der Waals surface area (Å²) in [5.41, 5.74) is 2.72. The van der Waals surface area contributed by atoms with E-state index in [1.165, 1.54) is 0 Å². The van der Waals surface area contributed by atoms with Crippen LogP contribution >= 0.6 is 23.2 Å². The molecule has 0 saturated heterocycles. The predicted molar refractivity (Wildman–Crippen MR) is 130 cm³/mol. The Morgan fingerprint density at radius 1 is 1.06 bits per heavy atom. The van der Waals surface area contributed by atoms with Gasteiger partial charge < -0.3 is 13.8 Å². The second kappa shape index (κ2) is 9.29. The van der Waals surface area contributed by atoms with Crippen LogP contribution in [0.2, 0.25) is 10.2 Å². The van der Waals surface area contributed by atoms with Gasteiger partial charge in [0.25, 0.3) is 11.7 Å². The van der Waals surface area contributed by atoms with Gasteiger partial charge in [0, 0.05) is 34.9 Å². The lowest BCUT2D eigenvalue weighted by Crippen LogP contribution is -2.04. The normalized spacial score (nSPS) is 11.1. The number of pyridine rings is 1. The first kappa shape index (κ1) is 22.1. The minimum atomic E-state index is -0.466. The fourth-order valence-electron chi connectivity index (χ4n) is 3.74. The Hall–Kier alpha value is -3.68. The van der Waals surface area contributed by atoms with Crippen molar-refractivity contribution in [1.82, 2.24) is 19.7 Å². The van der Waals surface area contributed by atoms with Crippen LogP contribution < -0.4 is 4.74 Å². The van der Waals surface area contributed by atoms with Crippen molar-refractivity contribution in [2.24, 2.45) is 0 Å². The minimum absolute atomic E-state index is 0.152. The fourth-order valence-corrected chi connectivity index (χ4v) is 4.21. The van der Waals surface area contributed by atoms with Crippen LogP contribution in [0.3, 0.4) is 0 Å². The van der Waals surface area contributed by atoms with Crippen LogP contribution in [0.25, 0.3) is 22.3 Å². The molecule has 170 valence electrons. The van der Waals surface area contributed by atoms with Crippen LogP contribution in [0.15, 0.2) is 71.5 Å². The third-order valence-electron chi connectivity index (χ3n) is 5.32. The summed E-state index contributed by atoms with van der Waals surface area (Å²) in [6.45, 7) is 2.83. The molecule has 0 radical (unpaired) electrons. The van der Waals surface area contributed by atoms with Crippen molar-refractivity contribution in [3.05, 3.63) is 94.2 Å². The van der Waals surface area contributed by atoms with Crippen LogP contribution in [0.1, 0.15) is 28.7 Å². The molecule has 2 aromatic carbocycles. The maximum absolute atomic E-state index is 13.5. The van der Waals surface area contributed by atoms with Gasteiger partial charge in [-0.05, 0) is 55.0 Å². The lowest BCUT2D eigenvalue weighted by molar-refractivity contribution is 0.0995. The fraction of sp³-hybridized carbons (Fsp3) is 0.120. The summed E-state index contributed by atoms with van der Waals surface area (Å²) < 4.78 is 12.8. The van der Waals surface area contributed by atoms with E-state index in [1.54, 1.807) is 30.6 Å². The second-order valence-corrected chi connectivity index (χ2v) is 8.27. The molecule has 9 heteroatoms. The Morgan fingerprint density at radius 2 is 1.82 bits per heavy atom. The first-order valence-electron chi connectivity index (χ1n) is 10.5. The zero-order chi connectivity index (χ0) is 23.7. The molecule has 3 heterocycles. The van der Waals surface area contributed by atoms with E-state index < -0.39 is 5.78 Å². The monoisotopic (exact) mass is 492 g/mol. The second-order valence-electron chi connectivity index (χ2n) is 7.48. The average molecular weight is 493 g/mol. The first-order chi connectivity index (χ1) is 16.5. The molecular formula is C25H18Cl2N4O3. The van der Waals surface area contributed by atoms with E-state index in [-0.39, 0.29) is 16.6 Å². The van der Waals surface area contributed by atoms with E-state index in [4.69, 9.17) is 32.5 Å². The van der Waals surface area contributed by atoms with Crippen LogP contribution in [0, 0.1) is 0 Å². The molecule has 0 aliphatic rings. The van der Waals surface area contributed by atoms with Crippen LogP contribution in [-0.4, -0.2) is 32.1 Å². The zero-order valence-corrected chi connectivity index (χ0v) is 19.5. The molecule has 0 bridgehead atoms. The van der Waals surface area contributed by atoms with E-state index in [0.717, 1.165) is 11.1 Å². The summed E-state index contributed by atoms with van der Waals surface area (Å²) in [7, 11) is 0. The van der Waals surface area contributed by atoms with Gasteiger partial charge in [0.1, 0.15) is 10.9 Å². The number of halogens is 2. The molecule has 0 atom stereocenters. The molecule has 34 heavy (non-hydrogen) atoms. The average Bonchev–Trinajstić information content (AvgIpc) is 3.45. The third kappa shape index (κ3) is 4.16. The molecule has 0 spiro atoms. The molecule has 0 aliphatic heterocycles. The summed E-state index contributed by atoms with van der Waals surface area (Å²) in [6.07, 6.45) is 3.23. The molecular weight excluding hydrogens is 475 g/mol. The molecule has 0 aliphatic carbocycles. The maximum Gasteiger partial charge on any atom is 0.299 e. The lowest BCUT2D eigenvalue weighted by atomic mass is 10.1. The van der Waals surface area contributed by atoms with Crippen molar-refractivity contribution < 1.29 is 14.1 Å².